The summed E-state index contributed by atoms with van der Waals surface area (Å²) in [6, 6.07) is 6.45. The number of hydrogen-bond acceptors (Lipinski definition) is 6. The summed E-state index contributed by atoms with van der Waals surface area (Å²) < 4.78 is 42.1. The maximum atomic E-state index is 11.7. The summed E-state index contributed by atoms with van der Waals surface area (Å²) in [6.07, 6.45) is 1.76. The van der Waals surface area contributed by atoms with Crippen molar-refractivity contribution in [2.45, 2.75) is 9.79 Å². The standard InChI is InChI=1S/C8H9O5PS2/c1-15-7-4-2-3-5-8(7)16(10,11)13-6-12-14-9/h2-5H,6H2,1H3. The summed E-state index contributed by atoms with van der Waals surface area (Å²) in [5.41, 5.74) is 0. The molecule has 0 saturated heterocycles. The van der Waals surface area contributed by atoms with Gasteiger partial charge in [-0.05, 0) is 18.4 Å². The first-order valence-corrected chi connectivity index (χ1v) is 7.45. The molecule has 8 heteroatoms. The van der Waals surface area contributed by atoms with Crippen molar-refractivity contribution in [1.82, 2.24) is 0 Å². The van der Waals surface area contributed by atoms with Crippen molar-refractivity contribution < 1.29 is 21.7 Å². The number of thioether (sulfide) groups is 1. The molecule has 0 unspecified atom stereocenters. The third kappa shape index (κ3) is 3.54. The van der Waals surface area contributed by atoms with E-state index < -0.39 is 25.6 Å². The highest BCUT2D eigenvalue weighted by atomic mass is 32.2. The van der Waals surface area contributed by atoms with Crippen molar-refractivity contribution in [1.29, 1.82) is 0 Å². The van der Waals surface area contributed by atoms with Gasteiger partial charge in [-0.1, -0.05) is 12.1 Å². The van der Waals surface area contributed by atoms with Gasteiger partial charge in [-0.3, -0.25) is 4.52 Å². The van der Waals surface area contributed by atoms with Gasteiger partial charge in [0.15, 0.2) is 6.79 Å². The van der Waals surface area contributed by atoms with Gasteiger partial charge in [0.25, 0.3) is 10.1 Å². The minimum absolute atomic E-state index is 0.0775. The van der Waals surface area contributed by atoms with Crippen LogP contribution in [-0.4, -0.2) is 21.5 Å². The van der Waals surface area contributed by atoms with Crippen molar-refractivity contribution in [3.8, 4) is 0 Å². The monoisotopic (exact) mass is 280 g/mol. The largest absolute Gasteiger partial charge is 0.329 e. The molecule has 88 valence electrons. The molecule has 0 aliphatic heterocycles. The van der Waals surface area contributed by atoms with Crippen LogP contribution >= 0.6 is 20.4 Å². The third-order valence-corrected chi connectivity index (χ3v) is 4.08. The van der Waals surface area contributed by atoms with Gasteiger partial charge in [0.1, 0.15) is 4.90 Å². The van der Waals surface area contributed by atoms with E-state index in [0.29, 0.717) is 4.90 Å². The summed E-state index contributed by atoms with van der Waals surface area (Å²) in [7, 11) is -4.49. The lowest BCUT2D eigenvalue weighted by Gasteiger charge is -2.07. The first-order chi connectivity index (χ1) is 7.61. The van der Waals surface area contributed by atoms with E-state index in [1.165, 1.54) is 17.8 Å². The van der Waals surface area contributed by atoms with Crippen molar-refractivity contribution in [3.05, 3.63) is 24.3 Å². The minimum Gasteiger partial charge on any atom is -0.265 e. The topological polar surface area (TPSA) is 69.7 Å². The van der Waals surface area contributed by atoms with Crippen molar-refractivity contribution in [2.75, 3.05) is 13.0 Å². The van der Waals surface area contributed by atoms with E-state index in [1.54, 1.807) is 24.5 Å². The molecule has 1 aromatic rings. The molecule has 0 N–H and O–H groups in total. The third-order valence-electron chi connectivity index (χ3n) is 1.65. The molecule has 0 radical (unpaired) electrons. The molecule has 0 aliphatic rings. The summed E-state index contributed by atoms with van der Waals surface area (Å²) in [5.74, 6) is 0. The molecule has 0 spiro atoms. The minimum atomic E-state index is -3.86. The average molecular weight is 280 g/mol. The quantitative estimate of drug-likeness (QED) is 0.262. The lowest BCUT2D eigenvalue weighted by atomic mass is 10.4. The van der Waals surface area contributed by atoms with Gasteiger partial charge in [-0.15, -0.1) is 11.8 Å². The maximum absolute atomic E-state index is 11.7. The highest BCUT2D eigenvalue weighted by Crippen LogP contribution is 2.25. The molecule has 0 heterocycles. The molecule has 1 aromatic carbocycles. The Bertz CT molecular complexity index is 459. The molecule has 0 saturated carbocycles. The van der Waals surface area contributed by atoms with E-state index in [4.69, 9.17) is 0 Å². The van der Waals surface area contributed by atoms with Crippen LogP contribution in [0, 0.1) is 0 Å². The number of rotatable bonds is 6. The van der Waals surface area contributed by atoms with Crippen LogP contribution in [0.5, 0.6) is 0 Å². The Hall–Kier alpha value is -0.460. The van der Waals surface area contributed by atoms with Crippen molar-refractivity contribution in [3.63, 3.8) is 0 Å². The van der Waals surface area contributed by atoms with E-state index >= 15 is 0 Å². The van der Waals surface area contributed by atoms with Crippen LogP contribution in [0.25, 0.3) is 0 Å². The van der Waals surface area contributed by atoms with Crippen LogP contribution in [0.15, 0.2) is 34.1 Å². The molecule has 0 amide bonds. The van der Waals surface area contributed by atoms with Crippen molar-refractivity contribution >= 4 is 30.6 Å². The van der Waals surface area contributed by atoms with Gasteiger partial charge < -0.3 is 0 Å². The molecule has 0 aliphatic carbocycles. The fourth-order valence-corrected chi connectivity index (χ4v) is 3.06. The molecule has 1 rings (SSSR count). The molecule has 0 fully saturated rings. The highest BCUT2D eigenvalue weighted by Gasteiger charge is 2.18. The second-order valence-electron chi connectivity index (χ2n) is 2.54. The van der Waals surface area contributed by atoms with Gasteiger partial charge in [-0.2, -0.15) is 8.42 Å². The molecule has 0 aromatic heterocycles. The van der Waals surface area contributed by atoms with E-state index in [0.717, 1.165) is 0 Å². The molecule has 5 nitrogen and oxygen atoms in total. The van der Waals surface area contributed by atoms with E-state index in [-0.39, 0.29) is 4.90 Å². The smallest absolute Gasteiger partial charge is 0.265 e. The van der Waals surface area contributed by atoms with Crippen LogP contribution in [0.1, 0.15) is 0 Å². The Labute approximate surface area is 99.6 Å². The molecular weight excluding hydrogens is 271 g/mol. The molecule has 0 atom stereocenters. The van der Waals surface area contributed by atoms with Crippen LogP contribution in [-0.2, 0) is 23.4 Å². The summed E-state index contributed by atoms with van der Waals surface area (Å²) in [4.78, 5) is 0.663. The second kappa shape index (κ2) is 6.32. The summed E-state index contributed by atoms with van der Waals surface area (Å²) in [6.45, 7) is -0.573. The lowest BCUT2D eigenvalue weighted by molar-refractivity contribution is 0.139. The lowest BCUT2D eigenvalue weighted by Crippen LogP contribution is -2.08. The first-order valence-electron chi connectivity index (χ1n) is 4.09. The Morgan fingerprint density at radius 1 is 1.38 bits per heavy atom. The predicted octanol–water partition coefficient (Wildman–Crippen LogP) is 2.29. The van der Waals surface area contributed by atoms with Crippen LogP contribution in [0.4, 0.5) is 0 Å². The zero-order chi connectivity index (χ0) is 12.0. The first kappa shape index (κ1) is 13.6. The average Bonchev–Trinajstić information content (AvgIpc) is 2.29. The Morgan fingerprint density at radius 2 is 2.06 bits per heavy atom. The van der Waals surface area contributed by atoms with Gasteiger partial charge in [-0.25, -0.2) is 8.75 Å². The summed E-state index contributed by atoms with van der Waals surface area (Å²) in [5, 5.41) is 0. The van der Waals surface area contributed by atoms with Gasteiger partial charge >= 0.3 is 8.69 Å². The van der Waals surface area contributed by atoms with Crippen molar-refractivity contribution in [2.24, 2.45) is 0 Å². The Kier molecular flexibility index (Phi) is 5.37. The Morgan fingerprint density at radius 3 is 2.69 bits per heavy atom. The number of benzene rings is 1. The van der Waals surface area contributed by atoms with Crippen LogP contribution < -0.4 is 0 Å². The number of hydrogen-bond donors (Lipinski definition) is 0. The fourth-order valence-electron chi connectivity index (χ4n) is 0.995. The van der Waals surface area contributed by atoms with Crippen LogP contribution in [0.3, 0.4) is 0 Å². The molecule has 0 bridgehead atoms. The molecular formula is C8H9O5PS2. The SMILES string of the molecule is CSc1ccccc1S(=O)(=O)OCOP=O. The Balaban J connectivity index is 2.93. The van der Waals surface area contributed by atoms with E-state index in [2.05, 4.69) is 8.71 Å². The summed E-state index contributed by atoms with van der Waals surface area (Å²) >= 11 is 1.30. The maximum Gasteiger partial charge on any atom is 0.329 e. The zero-order valence-corrected chi connectivity index (χ0v) is 10.8. The highest BCUT2D eigenvalue weighted by molar-refractivity contribution is 7.99. The fraction of sp³-hybridized carbons (Fsp3) is 0.250. The predicted molar refractivity (Wildman–Crippen MR) is 60.1 cm³/mol. The second-order valence-corrected chi connectivity index (χ2v) is 5.38. The normalized spacial score (nSPS) is 11.8. The molecule has 16 heavy (non-hydrogen) atoms. The van der Waals surface area contributed by atoms with Crippen LogP contribution in [0.2, 0.25) is 0 Å². The van der Waals surface area contributed by atoms with E-state index in [1.807, 2.05) is 0 Å². The zero-order valence-electron chi connectivity index (χ0n) is 8.32. The van der Waals surface area contributed by atoms with Gasteiger partial charge in [0.2, 0.25) is 0 Å². The van der Waals surface area contributed by atoms with Gasteiger partial charge in [0, 0.05) is 4.90 Å². The van der Waals surface area contributed by atoms with Gasteiger partial charge in [0.05, 0.1) is 0 Å². The van der Waals surface area contributed by atoms with E-state index in [9.17, 15) is 13.0 Å².